The van der Waals surface area contributed by atoms with E-state index in [-0.39, 0.29) is 18.2 Å². The van der Waals surface area contributed by atoms with E-state index in [1.54, 1.807) is 42.6 Å². The summed E-state index contributed by atoms with van der Waals surface area (Å²) in [7, 11) is 1.62. The van der Waals surface area contributed by atoms with E-state index in [1.165, 1.54) is 17.6 Å². The zero-order valence-corrected chi connectivity index (χ0v) is 15.7. The molecule has 2 amide bonds. The largest absolute Gasteiger partial charge is 0.469 e. The van der Waals surface area contributed by atoms with Crippen molar-refractivity contribution >= 4 is 34.0 Å². The van der Waals surface area contributed by atoms with Crippen LogP contribution in [0.1, 0.15) is 21.8 Å². The SMILES string of the molecule is COCCn1cc(NC(=O)Cc2csc(NC(=O)c3ccoc3C)n2)cn1. The van der Waals surface area contributed by atoms with Crippen LogP contribution in [0.2, 0.25) is 0 Å². The Morgan fingerprint density at radius 1 is 1.37 bits per heavy atom. The van der Waals surface area contributed by atoms with E-state index in [9.17, 15) is 9.59 Å². The molecule has 0 aliphatic rings. The van der Waals surface area contributed by atoms with Gasteiger partial charge in [0.15, 0.2) is 5.13 Å². The highest BCUT2D eigenvalue weighted by Crippen LogP contribution is 2.18. The molecule has 27 heavy (non-hydrogen) atoms. The van der Waals surface area contributed by atoms with Crippen LogP contribution in [0.25, 0.3) is 0 Å². The summed E-state index contributed by atoms with van der Waals surface area (Å²) in [5, 5.41) is 11.8. The number of nitrogens with one attached hydrogen (secondary N) is 2. The number of thiazole rings is 1. The van der Waals surface area contributed by atoms with Gasteiger partial charge in [-0.05, 0) is 13.0 Å². The number of rotatable bonds is 8. The van der Waals surface area contributed by atoms with Gasteiger partial charge in [0.25, 0.3) is 5.91 Å². The molecule has 3 aromatic rings. The zero-order valence-electron chi connectivity index (χ0n) is 14.9. The smallest absolute Gasteiger partial charge is 0.260 e. The van der Waals surface area contributed by atoms with Gasteiger partial charge in [-0.3, -0.25) is 19.6 Å². The van der Waals surface area contributed by atoms with Crippen LogP contribution in [0.15, 0.2) is 34.5 Å². The molecule has 0 fully saturated rings. The van der Waals surface area contributed by atoms with Crippen molar-refractivity contribution in [3.05, 3.63) is 47.1 Å². The molecule has 10 heteroatoms. The van der Waals surface area contributed by atoms with Crippen molar-refractivity contribution in [1.29, 1.82) is 0 Å². The fourth-order valence-corrected chi connectivity index (χ4v) is 3.04. The van der Waals surface area contributed by atoms with E-state index in [0.717, 1.165) is 0 Å². The Morgan fingerprint density at radius 3 is 2.96 bits per heavy atom. The highest BCUT2D eigenvalue weighted by Gasteiger charge is 2.14. The summed E-state index contributed by atoms with van der Waals surface area (Å²) >= 11 is 1.26. The van der Waals surface area contributed by atoms with Crippen molar-refractivity contribution in [3.8, 4) is 0 Å². The highest BCUT2D eigenvalue weighted by atomic mass is 32.1. The zero-order chi connectivity index (χ0) is 19.2. The minimum Gasteiger partial charge on any atom is -0.469 e. The molecule has 3 rings (SSSR count). The summed E-state index contributed by atoms with van der Waals surface area (Å²) in [6.45, 7) is 2.86. The van der Waals surface area contributed by atoms with Gasteiger partial charge in [0.2, 0.25) is 5.91 Å². The Hall–Kier alpha value is -2.98. The molecule has 0 saturated carbocycles. The molecule has 9 nitrogen and oxygen atoms in total. The van der Waals surface area contributed by atoms with Crippen molar-refractivity contribution in [1.82, 2.24) is 14.8 Å². The van der Waals surface area contributed by atoms with Crippen LogP contribution in [-0.2, 0) is 22.5 Å². The first-order valence-electron chi connectivity index (χ1n) is 8.16. The quantitative estimate of drug-likeness (QED) is 0.612. The lowest BCUT2D eigenvalue weighted by atomic mass is 10.2. The predicted molar refractivity (Wildman–Crippen MR) is 99.9 cm³/mol. The van der Waals surface area contributed by atoms with Crippen LogP contribution in [-0.4, -0.2) is 40.3 Å². The minimum absolute atomic E-state index is 0.0976. The van der Waals surface area contributed by atoms with Gasteiger partial charge in [0.1, 0.15) is 5.76 Å². The van der Waals surface area contributed by atoms with Gasteiger partial charge in [0.05, 0.1) is 49.0 Å². The number of hydrogen-bond acceptors (Lipinski definition) is 7. The number of aromatic nitrogens is 3. The van der Waals surface area contributed by atoms with E-state index in [4.69, 9.17) is 9.15 Å². The van der Waals surface area contributed by atoms with Crippen molar-refractivity contribution in [3.63, 3.8) is 0 Å². The maximum absolute atomic E-state index is 12.2. The predicted octanol–water partition coefficient (Wildman–Crippen LogP) is 2.32. The number of methoxy groups -OCH3 is 1. The molecule has 0 atom stereocenters. The summed E-state index contributed by atoms with van der Waals surface area (Å²) < 4.78 is 11.8. The molecule has 0 bridgehead atoms. The number of nitrogens with zero attached hydrogens (tertiary/aromatic N) is 3. The lowest BCUT2D eigenvalue weighted by Crippen LogP contribution is -2.15. The Morgan fingerprint density at radius 2 is 2.22 bits per heavy atom. The van der Waals surface area contributed by atoms with Crippen LogP contribution in [0.5, 0.6) is 0 Å². The Kier molecular flexibility index (Phi) is 5.99. The maximum Gasteiger partial charge on any atom is 0.260 e. The molecule has 0 aliphatic heterocycles. The van der Waals surface area contributed by atoms with Gasteiger partial charge < -0.3 is 14.5 Å². The standard InChI is InChI=1S/C17H19N5O4S/c1-11-14(3-5-26-11)16(24)21-17-20-12(10-27-17)7-15(23)19-13-8-18-22(9-13)4-6-25-2/h3,5,8-10H,4,6-7H2,1-2H3,(H,19,23)(H,20,21,24). The molecule has 2 N–H and O–H groups in total. The molecular weight excluding hydrogens is 370 g/mol. The average molecular weight is 389 g/mol. The molecule has 142 valence electrons. The number of furan rings is 1. The van der Waals surface area contributed by atoms with Crippen LogP contribution < -0.4 is 10.6 Å². The van der Waals surface area contributed by atoms with E-state index >= 15 is 0 Å². The summed E-state index contributed by atoms with van der Waals surface area (Å²) in [5.74, 6) is 0.0277. The van der Waals surface area contributed by atoms with Crippen LogP contribution >= 0.6 is 11.3 Å². The second-order valence-electron chi connectivity index (χ2n) is 5.70. The molecular formula is C17H19N5O4S. The highest BCUT2D eigenvalue weighted by molar-refractivity contribution is 7.14. The number of anilines is 2. The Labute approximate surface area is 159 Å². The van der Waals surface area contributed by atoms with Gasteiger partial charge >= 0.3 is 0 Å². The fourth-order valence-electron chi connectivity index (χ4n) is 2.34. The summed E-state index contributed by atoms with van der Waals surface area (Å²) in [5.41, 5.74) is 1.63. The second-order valence-corrected chi connectivity index (χ2v) is 6.56. The first-order chi connectivity index (χ1) is 13.0. The lowest BCUT2D eigenvalue weighted by molar-refractivity contribution is -0.115. The fraction of sp³-hybridized carbons (Fsp3) is 0.294. The van der Waals surface area contributed by atoms with Gasteiger partial charge in [-0.1, -0.05) is 0 Å². The van der Waals surface area contributed by atoms with E-state index < -0.39 is 0 Å². The molecule has 0 aromatic carbocycles. The van der Waals surface area contributed by atoms with Crippen molar-refractivity contribution in [2.24, 2.45) is 0 Å². The Bertz CT molecular complexity index is 929. The summed E-state index contributed by atoms with van der Waals surface area (Å²) in [6.07, 6.45) is 4.87. The normalized spacial score (nSPS) is 10.7. The van der Waals surface area contributed by atoms with Crippen LogP contribution in [0.3, 0.4) is 0 Å². The van der Waals surface area contributed by atoms with Gasteiger partial charge in [-0.25, -0.2) is 4.98 Å². The van der Waals surface area contributed by atoms with Crippen molar-refractivity contribution in [2.75, 3.05) is 24.4 Å². The first-order valence-corrected chi connectivity index (χ1v) is 9.04. The average Bonchev–Trinajstić information content (AvgIpc) is 3.35. The third-order valence-electron chi connectivity index (χ3n) is 3.66. The summed E-state index contributed by atoms with van der Waals surface area (Å²) in [6, 6.07) is 1.60. The number of hydrogen-bond donors (Lipinski definition) is 2. The minimum atomic E-state index is -0.296. The topological polar surface area (TPSA) is 111 Å². The molecule has 3 aromatic heterocycles. The monoisotopic (exact) mass is 389 g/mol. The van der Waals surface area contributed by atoms with Gasteiger partial charge in [-0.2, -0.15) is 5.10 Å². The number of aryl methyl sites for hydroxylation is 1. The molecule has 3 heterocycles. The molecule has 0 saturated heterocycles. The number of amides is 2. The van der Waals surface area contributed by atoms with Crippen molar-refractivity contribution in [2.45, 2.75) is 19.9 Å². The molecule has 0 unspecified atom stereocenters. The van der Waals surface area contributed by atoms with E-state index in [1.807, 2.05) is 0 Å². The summed E-state index contributed by atoms with van der Waals surface area (Å²) in [4.78, 5) is 28.6. The molecule has 0 radical (unpaired) electrons. The first kappa shape index (κ1) is 18.8. The Balaban J connectivity index is 1.52. The van der Waals surface area contributed by atoms with E-state index in [0.29, 0.717) is 41.0 Å². The number of carbonyl (C=O) groups excluding carboxylic acids is 2. The number of ether oxygens (including phenoxy) is 1. The molecule has 0 spiro atoms. The maximum atomic E-state index is 12.2. The van der Waals surface area contributed by atoms with Gasteiger partial charge in [-0.15, -0.1) is 11.3 Å². The lowest BCUT2D eigenvalue weighted by Gasteiger charge is -2.01. The third-order valence-corrected chi connectivity index (χ3v) is 4.47. The second kappa shape index (κ2) is 8.60. The van der Waals surface area contributed by atoms with E-state index in [2.05, 4.69) is 20.7 Å². The third kappa shape index (κ3) is 5.02. The molecule has 0 aliphatic carbocycles. The van der Waals surface area contributed by atoms with Crippen LogP contribution in [0, 0.1) is 6.92 Å². The van der Waals surface area contributed by atoms with Crippen LogP contribution in [0.4, 0.5) is 10.8 Å². The van der Waals surface area contributed by atoms with Crippen molar-refractivity contribution < 1.29 is 18.7 Å². The number of carbonyl (C=O) groups is 2. The van der Waals surface area contributed by atoms with Gasteiger partial charge in [0, 0.05) is 18.7 Å².